The van der Waals surface area contributed by atoms with Crippen molar-refractivity contribution in [2.24, 2.45) is 0 Å². The van der Waals surface area contributed by atoms with Gasteiger partial charge in [-0.15, -0.1) is 0 Å². The Hall–Kier alpha value is -3.23. The van der Waals surface area contributed by atoms with Crippen LogP contribution in [0.15, 0.2) is 46.9 Å². The fourth-order valence-corrected chi connectivity index (χ4v) is 3.80. The highest BCUT2D eigenvalue weighted by Crippen LogP contribution is 2.34. The number of carbonyl (C=O) groups is 1. The molecule has 6 nitrogen and oxygen atoms in total. The Morgan fingerprint density at radius 3 is 2.39 bits per heavy atom. The van der Waals surface area contributed by atoms with E-state index in [-0.39, 0.29) is 29.1 Å². The molecule has 2 aromatic carbocycles. The minimum absolute atomic E-state index is 0.0468. The molecule has 0 spiro atoms. The van der Waals surface area contributed by atoms with Crippen molar-refractivity contribution in [2.45, 2.75) is 43.9 Å². The normalized spacial score (nSPS) is 19.2. The molecule has 1 amide bonds. The molecule has 31 heavy (non-hydrogen) atoms. The number of methoxy groups -OCH3 is 1. The number of oxazole rings is 1. The Balaban J connectivity index is 1.35. The summed E-state index contributed by atoms with van der Waals surface area (Å²) in [4.78, 5) is 16.0. The van der Waals surface area contributed by atoms with E-state index in [4.69, 9.17) is 9.15 Å². The molecule has 0 atom stereocenters. The van der Waals surface area contributed by atoms with Crippen LogP contribution in [0.1, 0.15) is 41.9 Å². The number of carbonyl (C=O) groups excluding carboxylic acids is 1. The number of alkyl halides is 3. The zero-order valence-electron chi connectivity index (χ0n) is 16.8. The van der Waals surface area contributed by atoms with Crippen LogP contribution >= 0.6 is 0 Å². The molecule has 164 valence electrons. The van der Waals surface area contributed by atoms with Crippen LogP contribution in [-0.4, -0.2) is 30.1 Å². The maximum atomic E-state index is 12.9. The van der Waals surface area contributed by atoms with Crippen LogP contribution in [0.5, 0.6) is 5.75 Å². The predicted octanol–water partition coefficient (Wildman–Crippen LogP) is 5.01. The summed E-state index contributed by atoms with van der Waals surface area (Å²) in [5.74, 6) is -0.695. The summed E-state index contributed by atoms with van der Waals surface area (Å²) < 4.78 is 48.8. The number of aromatic nitrogens is 1. The molecule has 1 aromatic heterocycles. The molecule has 1 fully saturated rings. The molecule has 0 aliphatic heterocycles. The zero-order chi connectivity index (χ0) is 22.0. The summed E-state index contributed by atoms with van der Waals surface area (Å²) in [6, 6.07) is 11.9. The number of hydrogen-bond acceptors (Lipinski definition) is 5. The Morgan fingerprint density at radius 1 is 1.06 bits per heavy atom. The maximum Gasteiger partial charge on any atom is 0.468 e. The molecule has 0 bridgehead atoms. The first-order chi connectivity index (χ1) is 14.8. The number of ether oxygens (including phenoxy) is 1. The Kier molecular flexibility index (Phi) is 5.75. The standard InChI is InChI=1S/C22H22F3N3O3/c1-30-16-11-5-13(6-12-16)20(29)27-15-9-7-14(8-10-15)26-17-3-2-4-18-19(17)31-21(28-18)22(23,24)25/h2-6,11-12,14-15,26H,7-10H2,1H3,(H,27,29). The minimum Gasteiger partial charge on any atom is -0.497 e. The molecule has 1 aliphatic rings. The summed E-state index contributed by atoms with van der Waals surface area (Å²) in [6.07, 6.45) is -1.57. The van der Waals surface area contributed by atoms with Crippen LogP contribution in [0, 0.1) is 0 Å². The van der Waals surface area contributed by atoms with Gasteiger partial charge in [0, 0.05) is 17.6 Å². The van der Waals surface area contributed by atoms with Crippen LogP contribution < -0.4 is 15.4 Å². The Morgan fingerprint density at radius 2 is 1.74 bits per heavy atom. The second kappa shape index (κ2) is 8.49. The summed E-state index contributed by atoms with van der Waals surface area (Å²) in [7, 11) is 1.57. The molecule has 0 unspecified atom stereocenters. The number of rotatable bonds is 5. The molecule has 4 rings (SSSR count). The van der Waals surface area contributed by atoms with Gasteiger partial charge in [0.1, 0.15) is 11.3 Å². The molecular formula is C22H22F3N3O3. The lowest BCUT2D eigenvalue weighted by atomic mass is 9.90. The van der Waals surface area contributed by atoms with E-state index in [1.54, 1.807) is 43.5 Å². The number of hydrogen-bond donors (Lipinski definition) is 2. The van der Waals surface area contributed by atoms with E-state index in [0.717, 1.165) is 25.7 Å². The maximum absolute atomic E-state index is 12.9. The van der Waals surface area contributed by atoms with E-state index in [1.807, 2.05) is 0 Å². The SMILES string of the molecule is COc1ccc(C(=O)NC2CCC(Nc3cccc4nc(C(F)(F)F)oc34)CC2)cc1. The van der Waals surface area contributed by atoms with Gasteiger partial charge in [-0.25, -0.2) is 4.98 Å². The van der Waals surface area contributed by atoms with Crippen molar-refractivity contribution in [1.29, 1.82) is 0 Å². The van der Waals surface area contributed by atoms with Gasteiger partial charge in [0.05, 0.1) is 12.8 Å². The number of para-hydroxylation sites is 1. The van der Waals surface area contributed by atoms with Gasteiger partial charge in [-0.2, -0.15) is 13.2 Å². The van der Waals surface area contributed by atoms with Gasteiger partial charge >= 0.3 is 12.1 Å². The third-order valence-corrected chi connectivity index (χ3v) is 5.43. The van der Waals surface area contributed by atoms with E-state index < -0.39 is 12.1 Å². The lowest BCUT2D eigenvalue weighted by Crippen LogP contribution is -2.40. The lowest BCUT2D eigenvalue weighted by Gasteiger charge is -2.30. The average Bonchev–Trinajstić information content (AvgIpc) is 3.21. The van der Waals surface area contributed by atoms with Gasteiger partial charge in [-0.1, -0.05) is 6.07 Å². The highest BCUT2D eigenvalue weighted by Gasteiger charge is 2.38. The van der Waals surface area contributed by atoms with Crippen LogP contribution in [0.2, 0.25) is 0 Å². The van der Waals surface area contributed by atoms with Gasteiger partial charge in [-0.3, -0.25) is 4.79 Å². The average molecular weight is 433 g/mol. The monoisotopic (exact) mass is 433 g/mol. The van der Waals surface area contributed by atoms with Gasteiger partial charge < -0.3 is 19.8 Å². The number of nitrogens with one attached hydrogen (secondary N) is 2. The van der Waals surface area contributed by atoms with E-state index in [0.29, 0.717) is 17.0 Å². The third-order valence-electron chi connectivity index (χ3n) is 5.43. The number of nitrogens with zero attached hydrogens (tertiary/aromatic N) is 1. The van der Waals surface area contributed by atoms with Crippen LogP contribution in [0.4, 0.5) is 18.9 Å². The van der Waals surface area contributed by atoms with Crippen molar-refractivity contribution >= 4 is 22.7 Å². The van der Waals surface area contributed by atoms with Gasteiger partial charge in [-0.05, 0) is 62.1 Å². The second-order valence-corrected chi connectivity index (χ2v) is 7.57. The molecular weight excluding hydrogens is 411 g/mol. The smallest absolute Gasteiger partial charge is 0.468 e. The molecule has 1 aliphatic carbocycles. The van der Waals surface area contributed by atoms with Gasteiger partial charge in [0.2, 0.25) is 0 Å². The van der Waals surface area contributed by atoms with Gasteiger partial charge in [0.15, 0.2) is 5.58 Å². The van der Waals surface area contributed by atoms with Crippen LogP contribution in [-0.2, 0) is 6.18 Å². The van der Waals surface area contributed by atoms with Crippen LogP contribution in [0.3, 0.4) is 0 Å². The molecule has 3 aromatic rings. The minimum atomic E-state index is -4.63. The summed E-state index contributed by atoms with van der Waals surface area (Å²) in [5.41, 5.74) is 1.33. The van der Waals surface area contributed by atoms with Crippen LogP contribution in [0.25, 0.3) is 11.1 Å². The fourth-order valence-electron chi connectivity index (χ4n) is 3.80. The number of anilines is 1. The number of benzene rings is 2. The highest BCUT2D eigenvalue weighted by molar-refractivity contribution is 5.94. The third kappa shape index (κ3) is 4.76. The molecule has 2 N–H and O–H groups in total. The molecule has 9 heteroatoms. The second-order valence-electron chi connectivity index (χ2n) is 7.57. The Labute approximate surface area is 176 Å². The summed E-state index contributed by atoms with van der Waals surface area (Å²) >= 11 is 0. The summed E-state index contributed by atoms with van der Waals surface area (Å²) in [6.45, 7) is 0. The number of halogens is 3. The predicted molar refractivity (Wildman–Crippen MR) is 109 cm³/mol. The topological polar surface area (TPSA) is 76.4 Å². The van der Waals surface area contributed by atoms with Crippen molar-refractivity contribution in [3.05, 3.63) is 53.9 Å². The molecule has 0 saturated heterocycles. The van der Waals surface area contributed by atoms with Gasteiger partial charge in [0.25, 0.3) is 5.91 Å². The van der Waals surface area contributed by atoms with Crippen molar-refractivity contribution in [2.75, 3.05) is 12.4 Å². The molecule has 1 heterocycles. The van der Waals surface area contributed by atoms with Crippen molar-refractivity contribution < 1.29 is 27.1 Å². The van der Waals surface area contributed by atoms with E-state index in [1.165, 1.54) is 6.07 Å². The first-order valence-electron chi connectivity index (χ1n) is 10.0. The first-order valence-corrected chi connectivity index (χ1v) is 10.0. The van der Waals surface area contributed by atoms with Crippen molar-refractivity contribution in [3.8, 4) is 5.75 Å². The van der Waals surface area contributed by atoms with Crippen molar-refractivity contribution in [3.63, 3.8) is 0 Å². The quantitative estimate of drug-likeness (QED) is 0.592. The fraction of sp³-hybridized carbons (Fsp3) is 0.364. The Bertz CT molecular complexity index is 1060. The highest BCUT2D eigenvalue weighted by atomic mass is 19.4. The van der Waals surface area contributed by atoms with E-state index >= 15 is 0 Å². The largest absolute Gasteiger partial charge is 0.497 e. The first kappa shape index (κ1) is 21.0. The molecule has 0 radical (unpaired) electrons. The number of fused-ring (bicyclic) bond motifs is 1. The lowest BCUT2D eigenvalue weighted by molar-refractivity contribution is -0.156. The van der Waals surface area contributed by atoms with Crippen molar-refractivity contribution in [1.82, 2.24) is 10.3 Å². The zero-order valence-corrected chi connectivity index (χ0v) is 16.8. The van der Waals surface area contributed by atoms with E-state index in [9.17, 15) is 18.0 Å². The number of amides is 1. The summed E-state index contributed by atoms with van der Waals surface area (Å²) in [5, 5.41) is 6.32. The molecule has 1 saturated carbocycles. The van der Waals surface area contributed by atoms with E-state index in [2.05, 4.69) is 15.6 Å².